The van der Waals surface area contributed by atoms with Crippen LogP contribution in [0.2, 0.25) is 5.02 Å². The van der Waals surface area contributed by atoms with Crippen molar-refractivity contribution >= 4 is 35.0 Å². The first kappa shape index (κ1) is 14.7. The van der Waals surface area contributed by atoms with Crippen molar-refractivity contribution in [1.29, 1.82) is 0 Å². The van der Waals surface area contributed by atoms with Crippen LogP contribution in [0.1, 0.15) is 10.4 Å². The second-order valence-corrected chi connectivity index (χ2v) is 5.79. The fraction of sp³-hybridized carbons (Fsp3) is 0.143. The molecule has 1 aromatic heterocycles. The molecular formula is C14H14ClN3OS. The molecule has 1 heterocycles. The maximum absolute atomic E-state index is 12.2. The van der Waals surface area contributed by atoms with Gasteiger partial charge < -0.3 is 10.6 Å². The maximum Gasteiger partial charge on any atom is 0.254 e. The zero-order chi connectivity index (χ0) is 14.7. The lowest BCUT2D eigenvalue weighted by Crippen LogP contribution is -2.22. The summed E-state index contributed by atoms with van der Waals surface area (Å²) in [7, 11) is 3.42. The van der Waals surface area contributed by atoms with Gasteiger partial charge in [-0.2, -0.15) is 0 Å². The lowest BCUT2D eigenvalue weighted by Gasteiger charge is -2.14. The van der Waals surface area contributed by atoms with Crippen LogP contribution >= 0.6 is 23.4 Å². The third-order valence-electron chi connectivity index (χ3n) is 2.57. The summed E-state index contributed by atoms with van der Waals surface area (Å²) in [6, 6.07) is 8.71. The number of benzene rings is 1. The molecule has 4 nitrogen and oxygen atoms in total. The third kappa shape index (κ3) is 3.23. The summed E-state index contributed by atoms with van der Waals surface area (Å²) in [6.07, 6.45) is 1.66. The number of carbonyl (C=O) groups is 1. The molecule has 2 rings (SSSR count). The van der Waals surface area contributed by atoms with Gasteiger partial charge in [-0.05, 0) is 30.3 Å². The van der Waals surface area contributed by atoms with Crippen molar-refractivity contribution in [1.82, 2.24) is 9.88 Å². The summed E-state index contributed by atoms with van der Waals surface area (Å²) in [5.74, 6) is -0.0837. The fourth-order valence-corrected chi connectivity index (χ4v) is 2.78. The first-order valence-corrected chi connectivity index (χ1v) is 7.08. The van der Waals surface area contributed by atoms with E-state index in [0.717, 1.165) is 4.90 Å². The van der Waals surface area contributed by atoms with Crippen molar-refractivity contribution < 1.29 is 4.79 Å². The van der Waals surface area contributed by atoms with Crippen LogP contribution in [0.4, 0.5) is 5.69 Å². The van der Waals surface area contributed by atoms with Crippen LogP contribution in [0.25, 0.3) is 0 Å². The van der Waals surface area contributed by atoms with Gasteiger partial charge in [0.1, 0.15) is 5.03 Å². The van der Waals surface area contributed by atoms with Crippen LogP contribution in [-0.4, -0.2) is 29.9 Å². The van der Waals surface area contributed by atoms with Gasteiger partial charge in [-0.1, -0.05) is 23.4 Å². The molecule has 0 radical (unpaired) electrons. The standard InChI is InChI=1S/C14H14ClN3OS/c1-18(2)14(19)10-6-5-9(16)8-12(10)20-13-11(15)4-3-7-17-13/h3-8H,16H2,1-2H3. The van der Waals surface area contributed by atoms with E-state index in [9.17, 15) is 4.79 Å². The molecule has 6 heteroatoms. The third-order valence-corrected chi connectivity index (χ3v) is 4.07. The number of pyridine rings is 1. The molecule has 0 atom stereocenters. The van der Waals surface area contributed by atoms with Crippen molar-refractivity contribution in [2.24, 2.45) is 0 Å². The van der Waals surface area contributed by atoms with Gasteiger partial charge in [0.2, 0.25) is 0 Å². The average molecular weight is 308 g/mol. The second kappa shape index (κ2) is 6.15. The van der Waals surface area contributed by atoms with Gasteiger partial charge in [-0.3, -0.25) is 4.79 Å². The van der Waals surface area contributed by atoms with Crippen LogP contribution < -0.4 is 5.73 Å². The van der Waals surface area contributed by atoms with Gasteiger partial charge >= 0.3 is 0 Å². The summed E-state index contributed by atoms with van der Waals surface area (Å²) in [4.78, 5) is 18.6. The smallest absolute Gasteiger partial charge is 0.254 e. The highest BCUT2D eigenvalue weighted by atomic mass is 35.5. The molecule has 0 fully saturated rings. The van der Waals surface area contributed by atoms with Crippen molar-refractivity contribution in [3.63, 3.8) is 0 Å². The molecule has 0 spiro atoms. The Morgan fingerprint density at radius 3 is 2.75 bits per heavy atom. The van der Waals surface area contributed by atoms with Crippen molar-refractivity contribution in [2.45, 2.75) is 9.92 Å². The summed E-state index contributed by atoms with van der Waals surface area (Å²) in [5, 5.41) is 1.19. The minimum absolute atomic E-state index is 0.0837. The Morgan fingerprint density at radius 1 is 1.35 bits per heavy atom. The van der Waals surface area contributed by atoms with E-state index in [1.807, 2.05) is 0 Å². The number of nitrogens with zero attached hydrogens (tertiary/aromatic N) is 2. The van der Waals surface area contributed by atoms with Gasteiger partial charge in [0, 0.05) is 30.9 Å². The lowest BCUT2D eigenvalue weighted by molar-refractivity contribution is 0.0824. The van der Waals surface area contributed by atoms with Crippen LogP contribution in [0, 0.1) is 0 Å². The van der Waals surface area contributed by atoms with E-state index in [2.05, 4.69) is 4.98 Å². The number of nitrogens with two attached hydrogens (primary N) is 1. The molecular weight excluding hydrogens is 294 g/mol. The first-order valence-electron chi connectivity index (χ1n) is 5.88. The SMILES string of the molecule is CN(C)C(=O)c1ccc(N)cc1Sc1ncccc1Cl. The molecule has 0 bridgehead atoms. The van der Waals surface area contributed by atoms with E-state index in [0.29, 0.717) is 21.3 Å². The number of hydrogen-bond donors (Lipinski definition) is 1. The molecule has 104 valence electrons. The number of halogens is 1. The Balaban J connectivity index is 2.43. The molecule has 0 saturated carbocycles. The highest BCUT2D eigenvalue weighted by molar-refractivity contribution is 7.99. The van der Waals surface area contributed by atoms with Gasteiger partial charge in [-0.25, -0.2) is 4.98 Å². The van der Waals surface area contributed by atoms with Crippen LogP contribution in [0.5, 0.6) is 0 Å². The molecule has 2 aromatic rings. The number of amides is 1. The predicted molar refractivity (Wildman–Crippen MR) is 82.2 cm³/mol. The fourth-order valence-electron chi connectivity index (χ4n) is 1.59. The first-order chi connectivity index (χ1) is 9.49. The Hall–Kier alpha value is -1.72. The Labute approximate surface area is 126 Å². The summed E-state index contributed by atoms with van der Waals surface area (Å²) >= 11 is 7.43. The normalized spacial score (nSPS) is 10.3. The van der Waals surface area contributed by atoms with E-state index in [-0.39, 0.29) is 5.91 Å². The van der Waals surface area contributed by atoms with Crippen LogP contribution in [0.15, 0.2) is 46.5 Å². The number of hydrogen-bond acceptors (Lipinski definition) is 4. The van der Waals surface area contributed by atoms with E-state index in [1.165, 1.54) is 16.7 Å². The van der Waals surface area contributed by atoms with Gasteiger partial charge in [0.15, 0.2) is 0 Å². The van der Waals surface area contributed by atoms with E-state index in [4.69, 9.17) is 17.3 Å². The molecule has 0 aliphatic heterocycles. The molecule has 0 saturated heterocycles. The zero-order valence-electron chi connectivity index (χ0n) is 11.1. The molecule has 20 heavy (non-hydrogen) atoms. The number of aromatic nitrogens is 1. The average Bonchev–Trinajstić information content (AvgIpc) is 2.41. The van der Waals surface area contributed by atoms with E-state index in [1.54, 1.807) is 50.6 Å². The van der Waals surface area contributed by atoms with E-state index >= 15 is 0 Å². The highest BCUT2D eigenvalue weighted by Crippen LogP contribution is 2.34. The van der Waals surface area contributed by atoms with Crippen molar-refractivity contribution in [3.8, 4) is 0 Å². The summed E-state index contributed by atoms with van der Waals surface area (Å²) in [6.45, 7) is 0. The predicted octanol–water partition coefficient (Wildman–Crippen LogP) is 3.17. The molecule has 0 aliphatic rings. The largest absolute Gasteiger partial charge is 0.399 e. The number of rotatable bonds is 3. The summed E-state index contributed by atoms with van der Waals surface area (Å²) < 4.78 is 0. The van der Waals surface area contributed by atoms with Crippen molar-refractivity contribution in [3.05, 3.63) is 47.1 Å². The van der Waals surface area contributed by atoms with Gasteiger partial charge in [0.05, 0.1) is 10.6 Å². The number of anilines is 1. The topological polar surface area (TPSA) is 59.2 Å². The monoisotopic (exact) mass is 307 g/mol. The van der Waals surface area contributed by atoms with Crippen LogP contribution in [-0.2, 0) is 0 Å². The van der Waals surface area contributed by atoms with Gasteiger partial charge in [0.25, 0.3) is 5.91 Å². The van der Waals surface area contributed by atoms with Crippen LogP contribution in [0.3, 0.4) is 0 Å². The Bertz CT molecular complexity index is 646. The molecule has 1 aromatic carbocycles. The Kier molecular flexibility index (Phi) is 4.52. The molecule has 1 amide bonds. The lowest BCUT2D eigenvalue weighted by atomic mass is 10.2. The maximum atomic E-state index is 12.2. The summed E-state index contributed by atoms with van der Waals surface area (Å²) in [5.41, 5.74) is 6.98. The minimum Gasteiger partial charge on any atom is -0.399 e. The highest BCUT2D eigenvalue weighted by Gasteiger charge is 2.16. The minimum atomic E-state index is -0.0837. The zero-order valence-corrected chi connectivity index (χ0v) is 12.7. The quantitative estimate of drug-likeness (QED) is 0.885. The van der Waals surface area contributed by atoms with Gasteiger partial charge in [-0.15, -0.1) is 0 Å². The van der Waals surface area contributed by atoms with Crippen molar-refractivity contribution in [2.75, 3.05) is 19.8 Å². The van der Waals surface area contributed by atoms with E-state index < -0.39 is 0 Å². The number of nitrogen functional groups attached to an aromatic ring is 1. The molecule has 0 unspecified atom stereocenters. The number of carbonyl (C=O) groups excluding carboxylic acids is 1. The molecule has 0 aliphatic carbocycles. The molecule has 2 N–H and O–H groups in total. The Morgan fingerprint density at radius 2 is 2.10 bits per heavy atom. The second-order valence-electron chi connectivity index (χ2n) is 4.35.